The molecule has 1 aromatic heterocycles. The van der Waals surface area contributed by atoms with E-state index in [0.29, 0.717) is 13.0 Å². The number of nitrogens with zero attached hydrogens (tertiary/aromatic N) is 3. The van der Waals surface area contributed by atoms with Gasteiger partial charge in [-0.3, -0.25) is 14.6 Å². The monoisotopic (exact) mass is 750 g/mol. The van der Waals surface area contributed by atoms with Crippen LogP contribution in [0.4, 0.5) is 5.69 Å². The first-order valence-corrected chi connectivity index (χ1v) is 20.5. The molecule has 0 amide bonds. The van der Waals surface area contributed by atoms with Crippen LogP contribution in [0.2, 0.25) is 0 Å². The van der Waals surface area contributed by atoms with E-state index in [4.69, 9.17) is 9.47 Å². The Bertz CT molecular complexity index is 2110. The maximum Gasteiger partial charge on any atom is 0.344 e. The van der Waals surface area contributed by atoms with Crippen LogP contribution < -0.4 is 4.90 Å². The molecular weight excluding hydrogens is 693 g/mol. The van der Waals surface area contributed by atoms with Gasteiger partial charge in [-0.2, -0.15) is 0 Å². The number of likely N-dealkylation sites (N-methyl/N-ethyl adjacent to an activating group) is 1. The summed E-state index contributed by atoms with van der Waals surface area (Å²) < 4.78 is 11.7. The standard InChI is InChI=1S/C45H58N4O6/c1-8-42(52)24-29-23-41(5,36-31(15-19-48(25-29)26-42)30-13-10-11-14-34(30)46-36)32-22-33-35(21-27(32)3)47(6)38-44(33)17-20-49-18-12-16-43(9-2,37(44)49)39(55-28(4)50)45(38,53)40(51)54-7/h10-14,16,21-22,29,37-39,46,52-53H,8-9,15,17-20,23-26H2,1-7H3/t29-,37-,38+,39+,41+,42?,43+,44+,45?/m0/s1. The van der Waals surface area contributed by atoms with Crippen LogP contribution in [0.5, 0.6) is 0 Å². The summed E-state index contributed by atoms with van der Waals surface area (Å²) in [6, 6.07) is 12.5. The molecule has 294 valence electrons. The van der Waals surface area contributed by atoms with Gasteiger partial charge in [0.1, 0.15) is 0 Å². The zero-order valence-electron chi connectivity index (χ0n) is 33.6. The lowest BCUT2D eigenvalue weighted by Gasteiger charge is -2.63. The van der Waals surface area contributed by atoms with Crippen LogP contribution in [0.15, 0.2) is 48.6 Å². The van der Waals surface area contributed by atoms with Gasteiger partial charge in [0, 0.05) is 84.7 Å². The number of hydrogen-bond donors (Lipinski definition) is 3. The van der Waals surface area contributed by atoms with Gasteiger partial charge < -0.3 is 29.6 Å². The molecule has 1 spiro atoms. The average molecular weight is 751 g/mol. The number of H-pyrrole nitrogens is 1. The molecule has 3 aromatic rings. The summed E-state index contributed by atoms with van der Waals surface area (Å²) in [5.74, 6) is -1.05. The van der Waals surface area contributed by atoms with Crippen molar-refractivity contribution in [2.45, 2.75) is 113 Å². The number of aromatic amines is 1. The number of hydrogen-bond acceptors (Lipinski definition) is 9. The number of esters is 2. The number of benzene rings is 2. The van der Waals surface area contributed by atoms with Crippen molar-refractivity contribution < 1.29 is 29.3 Å². The summed E-state index contributed by atoms with van der Waals surface area (Å²) in [5.41, 5.74) is 3.36. The van der Waals surface area contributed by atoms with E-state index < -0.39 is 51.5 Å². The summed E-state index contributed by atoms with van der Waals surface area (Å²) >= 11 is 0. The Kier molecular flexibility index (Phi) is 8.32. The van der Waals surface area contributed by atoms with Crippen molar-refractivity contribution >= 4 is 28.5 Å². The molecule has 3 fully saturated rings. The van der Waals surface area contributed by atoms with Crippen LogP contribution >= 0.6 is 0 Å². The number of ether oxygens (including phenoxy) is 2. The molecule has 2 bridgehead atoms. The van der Waals surface area contributed by atoms with Gasteiger partial charge in [-0.1, -0.05) is 50.3 Å². The molecule has 10 nitrogen and oxygen atoms in total. The SMILES string of the molecule is CCC1(O)C[C@H]2CN(CCc3c([nH]c4ccccc34)[C@@](C)(c3cc4c(cc3C)N(C)[C@H]3C(O)(C(=O)OC)[C@H](OC(C)=O)[C@]5(CC)C=CCN6CC[C@]43[C@@H]65)C2)C1. The van der Waals surface area contributed by atoms with E-state index in [-0.39, 0.29) is 12.0 Å². The number of rotatable bonds is 5. The first-order chi connectivity index (χ1) is 26.2. The molecule has 6 aliphatic rings. The van der Waals surface area contributed by atoms with E-state index in [9.17, 15) is 19.8 Å². The minimum absolute atomic E-state index is 0.142. The van der Waals surface area contributed by atoms with Crippen molar-refractivity contribution in [1.82, 2.24) is 14.8 Å². The molecule has 55 heavy (non-hydrogen) atoms. The van der Waals surface area contributed by atoms with Crippen LogP contribution in [0.1, 0.15) is 87.7 Å². The Morgan fingerprint density at radius 3 is 2.55 bits per heavy atom. The Hall–Kier alpha value is -3.70. The molecule has 3 unspecified atom stereocenters. The van der Waals surface area contributed by atoms with Gasteiger partial charge in [-0.15, -0.1) is 0 Å². The van der Waals surface area contributed by atoms with Crippen LogP contribution in [-0.4, -0.2) is 113 Å². The summed E-state index contributed by atoms with van der Waals surface area (Å²) in [6.07, 6.45) is 7.61. The predicted octanol–water partition coefficient (Wildman–Crippen LogP) is 5.14. The van der Waals surface area contributed by atoms with E-state index in [0.717, 1.165) is 80.6 Å². The molecule has 2 saturated heterocycles. The molecule has 3 N–H and O–H groups in total. The Morgan fingerprint density at radius 1 is 1.04 bits per heavy atom. The highest BCUT2D eigenvalue weighted by Gasteiger charge is 2.80. The molecule has 10 atom stereocenters. The molecule has 9 rings (SSSR count). The van der Waals surface area contributed by atoms with Crippen molar-refractivity contribution in [1.29, 1.82) is 0 Å². The third kappa shape index (κ3) is 4.80. The second-order valence-corrected chi connectivity index (χ2v) is 18.3. The molecule has 5 aliphatic heterocycles. The Balaban J connectivity index is 1.30. The van der Waals surface area contributed by atoms with Crippen molar-refractivity contribution in [2.75, 3.05) is 51.8 Å². The summed E-state index contributed by atoms with van der Waals surface area (Å²) in [6.45, 7) is 14.2. The lowest BCUT2D eigenvalue weighted by Crippen LogP contribution is -2.81. The number of aliphatic hydroxyl groups is 2. The number of para-hydroxylation sites is 1. The second kappa shape index (κ2) is 12.4. The maximum absolute atomic E-state index is 14.3. The van der Waals surface area contributed by atoms with Gasteiger partial charge in [0.2, 0.25) is 5.60 Å². The first kappa shape index (κ1) is 36.9. The Morgan fingerprint density at radius 2 is 1.82 bits per heavy atom. The fourth-order valence-electron chi connectivity index (χ4n) is 13.5. The van der Waals surface area contributed by atoms with E-state index >= 15 is 0 Å². The molecule has 0 radical (unpaired) electrons. The van der Waals surface area contributed by atoms with Crippen LogP contribution in [-0.2, 0) is 36.3 Å². The van der Waals surface area contributed by atoms with Gasteiger partial charge in [-0.25, -0.2) is 4.79 Å². The Labute approximate surface area is 324 Å². The van der Waals surface area contributed by atoms with Gasteiger partial charge in [0.05, 0.1) is 18.8 Å². The number of piperidine rings is 1. The molecular formula is C45H58N4O6. The highest BCUT2D eigenvalue weighted by atomic mass is 16.6. The lowest BCUT2D eigenvalue weighted by atomic mass is 9.47. The molecule has 6 heterocycles. The number of nitrogens with one attached hydrogen (secondary N) is 1. The van der Waals surface area contributed by atoms with Crippen molar-refractivity contribution in [2.24, 2.45) is 11.3 Å². The normalized spacial score (nSPS) is 39.0. The van der Waals surface area contributed by atoms with Gasteiger partial charge >= 0.3 is 11.9 Å². The number of aromatic nitrogens is 1. The predicted molar refractivity (Wildman–Crippen MR) is 212 cm³/mol. The number of aryl methyl sites for hydroxylation is 1. The molecule has 10 heteroatoms. The van der Waals surface area contributed by atoms with E-state index in [1.165, 1.54) is 36.2 Å². The van der Waals surface area contributed by atoms with Gasteiger partial charge in [0.25, 0.3) is 0 Å². The van der Waals surface area contributed by atoms with E-state index in [2.05, 4.69) is 95.9 Å². The molecule has 1 aliphatic carbocycles. The highest BCUT2D eigenvalue weighted by Crippen LogP contribution is 2.68. The maximum atomic E-state index is 14.3. The fourth-order valence-corrected chi connectivity index (χ4v) is 13.5. The number of methoxy groups -OCH3 is 1. The van der Waals surface area contributed by atoms with Crippen molar-refractivity contribution in [3.63, 3.8) is 0 Å². The number of carbonyl (C=O) groups is 2. The smallest absolute Gasteiger partial charge is 0.344 e. The summed E-state index contributed by atoms with van der Waals surface area (Å²) in [5, 5.41) is 26.4. The average Bonchev–Trinajstić information content (AvgIpc) is 3.82. The lowest BCUT2D eigenvalue weighted by molar-refractivity contribution is -0.228. The third-order valence-corrected chi connectivity index (χ3v) is 15.5. The molecule has 1 saturated carbocycles. The van der Waals surface area contributed by atoms with Crippen molar-refractivity contribution in [3.8, 4) is 0 Å². The van der Waals surface area contributed by atoms with Gasteiger partial charge in [-0.05, 0) is 99.2 Å². The number of fused-ring (bicyclic) bond motifs is 6. The second-order valence-electron chi connectivity index (χ2n) is 18.3. The fraction of sp³-hybridized carbons (Fsp3) is 0.600. The topological polar surface area (TPSA) is 119 Å². The summed E-state index contributed by atoms with van der Waals surface area (Å²) in [4.78, 5) is 38.3. The van der Waals surface area contributed by atoms with Crippen LogP contribution in [0.25, 0.3) is 10.9 Å². The zero-order chi connectivity index (χ0) is 38.9. The van der Waals surface area contributed by atoms with Crippen molar-refractivity contribution in [3.05, 3.63) is 76.5 Å². The van der Waals surface area contributed by atoms with E-state index in [1.807, 2.05) is 7.05 Å². The first-order valence-electron chi connectivity index (χ1n) is 20.5. The number of carbonyl (C=O) groups excluding carboxylic acids is 2. The molecule has 2 aromatic carbocycles. The van der Waals surface area contributed by atoms with E-state index in [1.54, 1.807) is 0 Å². The minimum atomic E-state index is -2.16. The zero-order valence-corrected chi connectivity index (χ0v) is 33.6. The minimum Gasteiger partial charge on any atom is -0.467 e. The highest BCUT2D eigenvalue weighted by molar-refractivity contribution is 5.88. The number of anilines is 1. The third-order valence-electron chi connectivity index (χ3n) is 15.5. The summed E-state index contributed by atoms with van der Waals surface area (Å²) in [7, 11) is 3.29. The van der Waals surface area contributed by atoms with Gasteiger partial charge in [0.15, 0.2) is 6.10 Å². The quantitative estimate of drug-likeness (QED) is 0.241. The largest absolute Gasteiger partial charge is 0.467 e. The van der Waals surface area contributed by atoms with Crippen LogP contribution in [0, 0.1) is 18.3 Å². The van der Waals surface area contributed by atoms with Crippen LogP contribution in [0.3, 0.4) is 0 Å².